The molecular weight excluding hydrogens is 699 g/mol. The van der Waals surface area contributed by atoms with E-state index in [9.17, 15) is 14.0 Å². The number of hydrogen-bond acceptors (Lipinski definition) is 9. The highest BCUT2D eigenvalue weighted by molar-refractivity contribution is 5.94. The summed E-state index contributed by atoms with van der Waals surface area (Å²) in [7, 11) is 1.78. The Hall–Kier alpha value is -4.11. The molecule has 5 aliphatic rings. The highest BCUT2D eigenvalue weighted by Gasteiger charge is 2.50. The van der Waals surface area contributed by atoms with Crippen LogP contribution in [0.3, 0.4) is 0 Å². The molecule has 54 heavy (non-hydrogen) atoms. The second-order valence-electron chi connectivity index (χ2n) is 17.0. The molecule has 8 rings (SSSR count). The van der Waals surface area contributed by atoms with Gasteiger partial charge in [-0.3, -0.25) is 14.6 Å². The summed E-state index contributed by atoms with van der Waals surface area (Å²) in [5, 5.41) is 10.7. The molecule has 4 fully saturated rings. The highest BCUT2D eigenvalue weighted by atomic mass is 19.3. The molecule has 3 saturated heterocycles. The third-order valence-corrected chi connectivity index (χ3v) is 12.2. The molecule has 2 N–H and O–H groups in total. The average molecular weight is 752 g/mol. The third-order valence-electron chi connectivity index (χ3n) is 12.2. The van der Waals surface area contributed by atoms with Gasteiger partial charge in [0.2, 0.25) is 0 Å². The molecule has 1 aromatic carbocycles. The van der Waals surface area contributed by atoms with Crippen molar-refractivity contribution in [1.29, 1.82) is 0 Å². The summed E-state index contributed by atoms with van der Waals surface area (Å²) < 4.78 is 52.6. The number of nitrogens with one attached hydrogen (secondary N) is 2. The molecule has 2 amide bonds. The van der Waals surface area contributed by atoms with Crippen molar-refractivity contribution in [3.8, 4) is 0 Å². The normalized spacial score (nSPS) is 25.5. The van der Waals surface area contributed by atoms with E-state index in [1.54, 1.807) is 11.9 Å². The number of fused-ring (bicyclic) bond motifs is 2. The van der Waals surface area contributed by atoms with E-state index in [0.717, 1.165) is 48.9 Å². The van der Waals surface area contributed by atoms with E-state index in [2.05, 4.69) is 20.5 Å². The maximum atomic E-state index is 16.0. The molecule has 0 unspecified atom stereocenters. The van der Waals surface area contributed by atoms with Gasteiger partial charge in [-0.1, -0.05) is 12.1 Å². The quantitative estimate of drug-likeness (QED) is 0.318. The Morgan fingerprint density at radius 2 is 1.76 bits per heavy atom. The molecule has 292 valence electrons. The Morgan fingerprint density at radius 1 is 1.04 bits per heavy atom. The number of piperidine rings is 3. The van der Waals surface area contributed by atoms with Crippen molar-refractivity contribution >= 4 is 34.8 Å². The smallest absolute Gasteiger partial charge is 0.410 e. The van der Waals surface area contributed by atoms with Gasteiger partial charge in [-0.25, -0.2) is 27.5 Å². The minimum Gasteiger partial charge on any atom is -0.444 e. The van der Waals surface area contributed by atoms with Gasteiger partial charge in [-0.2, -0.15) is 0 Å². The highest BCUT2D eigenvalue weighted by Crippen LogP contribution is 2.44. The first kappa shape index (κ1) is 36.8. The number of aromatic nitrogens is 3. The van der Waals surface area contributed by atoms with E-state index >= 15 is 8.78 Å². The van der Waals surface area contributed by atoms with Crippen LogP contribution in [0.2, 0.25) is 0 Å². The summed E-state index contributed by atoms with van der Waals surface area (Å²) in [5.74, 6) is -2.64. The van der Waals surface area contributed by atoms with E-state index in [4.69, 9.17) is 9.84 Å². The van der Waals surface area contributed by atoms with Crippen LogP contribution in [0.5, 0.6) is 0 Å². The lowest BCUT2D eigenvalue weighted by Crippen LogP contribution is -2.60. The number of hydrogen-bond donors (Lipinski definition) is 2. The summed E-state index contributed by atoms with van der Waals surface area (Å²) in [6.07, 6.45) is 5.15. The number of ether oxygens (including phenoxy) is 1. The third kappa shape index (κ3) is 7.20. The Kier molecular flexibility index (Phi) is 9.47. The number of carbonyl (C=O) groups excluding carboxylic acids is 2. The van der Waals surface area contributed by atoms with Gasteiger partial charge in [-0.05, 0) is 95.0 Å². The van der Waals surface area contributed by atoms with Crippen molar-refractivity contribution < 1.29 is 27.5 Å². The summed E-state index contributed by atoms with van der Waals surface area (Å²) in [6.45, 7) is 9.64. The van der Waals surface area contributed by atoms with E-state index in [1.165, 1.54) is 10.7 Å². The molecule has 15 heteroatoms. The molecular formula is C39H52F3N9O3. The number of nitrogens with zero attached hydrogens (tertiary/aromatic N) is 7. The number of halogens is 3. The van der Waals surface area contributed by atoms with Crippen LogP contribution in [-0.4, -0.2) is 124 Å². The van der Waals surface area contributed by atoms with Crippen LogP contribution in [0.1, 0.15) is 80.9 Å². The molecule has 3 atom stereocenters. The van der Waals surface area contributed by atoms with Crippen molar-refractivity contribution in [3.63, 3.8) is 0 Å². The Labute approximate surface area is 314 Å². The molecule has 1 saturated carbocycles. The lowest BCUT2D eigenvalue weighted by atomic mass is 9.71. The predicted molar refractivity (Wildman–Crippen MR) is 199 cm³/mol. The molecule has 1 aliphatic carbocycles. The van der Waals surface area contributed by atoms with Crippen LogP contribution in [0, 0.1) is 5.41 Å². The van der Waals surface area contributed by atoms with Crippen molar-refractivity contribution in [2.75, 3.05) is 63.1 Å². The van der Waals surface area contributed by atoms with Crippen molar-refractivity contribution in [2.45, 2.75) is 102 Å². The van der Waals surface area contributed by atoms with Crippen LogP contribution >= 0.6 is 0 Å². The molecule has 12 nitrogen and oxygen atoms in total. The van der Waals surface area contributed by atoms with Gasteiger partial charge in [0, 0.05) is 57.9 Å². The second-order valence-corrected chi connectivity index (χ2v) is 17.0. The molecule has 0 bridgehead atoms. The molecule has 4 aliphatic heterocycles. The van der Waals surface area contributed by atoms with E-state index < -0.39 is 35.7 Å². The summed E-state index contributed by atoms with van der Waals surface area (Å²) in [4.78, 5) is 37.8. The van der Waals surface area contributed by atoms with E-state index in [-0.39, 0.29) is 23.7 Å². The fourth-order valence-corrected chi connectivity index (χ4v) is 9.00. The molecule has 2 aromatic heterocycles. The monoisotopic (exact) mass is 751 g/mol. The van der Waals surface area contributed by atoms with Crippen LogP contribution in [0.4, 0.5) is 35.2 Å². The first-order valence-corrected chi connectivity index (χ1v) is 19.4. The number of carbonyl (C=O) groups is 2. The van der Waals surface area contributed by atoms with Crippen LogP contribution < -0.4 is 15.5 Å². The Bertz CT molecular complexity index is 1900. The number of rotatable bonds is 7. The fraction of sp³-hybridized carbons (Fsp3) is 0.641. The maximum absolute atomic E-state index is 16.0. The van der Waals surface area contributed by atoms with Gasteiger partial charge in [0.25, 0.3) is 11.8 Å². The number of alkyl halides is 3. The largest absolute Gasteiger partial charge is 0.444 e. The fourth-order valence-electron chi connectivity index (χ4n) is 9.00. The van der Waals surface area contributed by atoms with Crippen LogP contribution in [0.25, 0.3) is 5.65 Å². The van der Waals surface area contributed by atoms with Crippen LogP contribution in [-0.2, 0) is 17.7 Å². The van der Waals surface area contributed by atoms with Crippen molar-refractivity contribution in [1.82, 2.24) is 34.6 Å². The van der Waals surface area contributed by atoms with Crippen molar-refractivity contribution in [2.24, 2.45) is 5.41 Å². The lowest BCUT2D eigenvalue weighted by molar-refractivity contribution is -0.139. The van der Waals surface area contributed by atoms with Crippen LogP contribution in [0.15, 0.2) is 30.5 Å². The summed E-state index contributed by atoms with van der Waals surface area (Å²) in [6, 6.07) is 6.67. The van der Waals surface area contributed by atoms with E-state index in [1.807, 2.05) is 54.8 Å². The van der Waals surface area contributed by atoms with E-state index in [0.29, 0.717) is 75.8 Å². The van der Waals surface area contributed by atoms with Gasteiger partial charge >= 0.3 is 6.09 Å². The average Bonchev–Trinajstić information content (AvgIpc) is 3.46. The zero-order valence-electron chi connectivity index (χ0n) is 31.7. The van der Waals surface area contributed by atoms with Crippen molar-refractivity contribution in [3.05, 3.63) is 47.3 Å². The SMILES string of the molecule is CNc1cc(N2CCc3c(CN4CC[C@H](N5CCC6(CCN(C(=O)OC(C)(C)C)CC6)CC5)C(F)(F)C4)cccc32)nn2c(C(=O)N[C@@H]3C[C@@H]3F)cnc12. The predicted octanol–water partition coefficient (Wildman–Crippen LogP) is 5.63. The number of anilines is 3. The molecule has 6 heterocycles. The maximum Gasteiger partial charge on any atom is 0.410 e. The number of amides is 2. The minimum atomic E-state index is -2.84. The zero-order valence-corrected chi connectivity index (χ0v) is 31.7. The summed E-state index contributed by atoms with van der Waals surface area (Å²) >= 11 is 0. The first-order chi connectivity index (χ1) is 25.7. The van der Waals surface area contributed by atoms with Gasteiger partial charge in [-0.15, -0.1) is 5.10 Å². The summed E-state index contributed by atoms with van der Waals surface area (Å²) in [5.41, 5.74) is 4.09. The van der Waals surface area contributed by atoms with Gasteiger partial charge in [0.15, 0.2) is 17.2 Å². The van der Waals surface area contributed by atoms with Gasteiger partial charge in [0.1, 0.15) is 11.8 Å². The molecule has 1 spiro atoms. The number of benzene rings is 1. The standard InChI is InChI=1S/C39H52F3N9O3/c1-37(2,3)54-36(53)49-18-12-38(13-19-49)10-16-48(17-11-38)32-9-14-47(24-39(32,41)42)23-25-6-5-7-30-26(25)8-15-50(30)33-21-29(43-4)34-44-22-31(51(34)46-33)35(52)45-28-20-27(28)40/h5-7,21-22,27-28,32,43H,8-20,23-24H2,1-4H3,(H,45,52)/t27-,28+,32-/m0/s1. The topological polar surface area (TPSA) is 111 Å². The lowest BCUT2D eigenvalue weighted by Gasteiger charge is -2.50. The molecule has 0 radical (unpaired) electrons. The Morgan fingerprint density at radius 3 is 2.43 bits per heavy atom. The minimum absolute atomic E-state index is 0.106. The molecule has 3 aromatic rings. The second kappa shape index (κ2) is 13.9. The van der Waals surface area contributed by atoms with Gasteiger partial charge < -0.3 is 25.2 Å². The van der Waals surface area contributed by atoms with Gasteiger partial charge in [0.05, 0.1) is 30.5 Å². The Balaban J connectivity index is 0.902. The number of imidazole rings is 1. The first-order valence-electron chi connectivity index (χ1n) is 19.4. The number of likely N-dealkylation sites (tertiary alicyclic amines) is 3. The zero-order chi connectivity index (χ0) is 38.0.